The predicted octanol–water partition coefficient (Wildman–Crippen LogP) is 3.41. The third-order valence-electron chi connectivity index (χ3n) is 6.04. The van der Waals surface area contributed by atoms with Gasteiger partial charge in [-0.1, -0.05) is 35.2 Å². The highest BCUT2D eigenvalue weighted by Crippen LogP contribution is 2.25. The highest BCUT2D eigenvalue weighted by molar-refractivity contribution is 9.10. The summed E-state index contributed by atoms with van der Waals surface area (Å²) in [5, 5.41) is 5.80. The van der Waals surface area contributed by atoms with Crippen molar-refractivity contribution in [3.8, 4) is 0 Å². The van der Waals surface area contributed by atoms with Gasteiger partial charge in [0.1, 0.15) is 5.71 Å². The van der Waals surface area contributed by atoms with Crippen LogP contribution in [0.15, 0.2) is 33.8 Å². The molecule has 2 aliphatic heterocycles. The lowest BCUT2D eigenvalue weighted by Gasteiger charge is -2.41. The van der Waals surface area contributed by atoms with Gasteiger partial charge in [-0.05, 0) is 37.1 Å². The van der Waals surface area contributed by atoms with E-state index >= 15 is 0 Å². The Bertz CT molecular complexity index is 750. The summed E-state index contributed by atoms with van der Waals surface area (Å²) in [6.45, 7) is 3.39. The van der Waals surface area contributed by atoms with E-state index in [0.717, 1.165) is 30.7 Å². The largest absolute Gasteiger partial charge is 0.335 e. The number of nitrogens with zero attached hydrogens (tertiary/aromatic N) is 4. The van der Waals surface area contributed by atoms with Gasteiger partial charge in [-0.25, -0.2) is 5.01 Å². The van der Waals surface area contributed by atoms with Crippen molar-refractivity contribution in [1.82, 2.24) is 9.80 Å². The van der Waals surface area contributed by atoms with Crippen molar-refractivity contribution >= 4 is 39.1 Å². The number of hydrogen-bond acceptors (Lipinski definition) is 4. The second kappa shape index (κ2) is 8.74. The molecule has 1 aromatic rings. The van der Waals surface area contributed by atoms with Gasteiger partial charge >= 0.3 is 0 Å². The molecule has 150 valence electrons. The Kier molecular flexibility index (Phi) is 6.11. The third kappa shape index (κ3) is 4.30. The number of rotatable bonds is 3. The van der Waals surface area contributed by atoms with Crippen LogP contribution in [0.1, 0.15) is 44.9 Å². The number of amides is 2. The van der Waals surface area contributed by atoms with Crippen molar-refractivity contribution in [2.24, 2.45) is 5.10 Å². The molecule has 28 heavy (non-hydrogen) atoms. The molecule has 2 fully saturated rings. The lowest BCUT2D eigenvalue weighted by molar-refractivity contribution is -0.126. The summed E-state index contributed by atoms with van der Waals surface area (Å²) in [6.07, 6.45) is 7.37. The molecule has 0 aromatic heterocycles. The Hall–Kier alpha value is -1.73. The van der Waals surface area contributed by atoms with Crippen LogP contribution in [0.3, 0.4) is 0 Å². The molecule has 0 N–H and O–H groups in total. The molecular formula is C21H27BrN4O2. The third-order valence-corrected chi connectivity index (χ3v) is 6.57. The van der Waals surface area contributed by atoms with Crippen LogP contribution in [0.5, 0.6) is 0 Å². The van der Waals surface area contributed by atoms with Crippen LogP contribution in [0.2, 0.25) is 0 Å². The molecule has 0 unspecified atom stereocenters. The van der Waals surface area contributed by atoms with Gasteiger partial charge in [0.25, 0.3) is 5.91 Å². The summed E-state index contributed by atoms with van der Waals surface area (Å²) in [5.41, 5.74) is 1.19. The average Bonchev–Trinajstić information content (AvgIpc) is 2.75. The quantitative estimate of drug-likeness (QED) is 0.714. The van der Waals surface area contributed by atoms with Crippen LogP contribution in [-0.4, -0.2) is 59.5 Å². The van der Waals surface area contributed by atoms with Gasteiger partial charge < -0.3 is 4.90 Å². The minimum atomic E-state index is -0.0685. The van der Waals surface area contributed by atoms with E-state index in [9.17, 15) is 9.59 Å². The molecular weight excluding hydrogens is 420 g/mol. The van der Waals surface area contributed by atoms with Gasteiger partial charge in [0.05, 0.1) is 5.69 Å². The number of hydrazone groups is 1. The Morgan fingerprint density at radius 1 is 0.964 bits per heavy atom. The summed E-state index contributed by atoms with van der Waals surface area (Å²) in [6, 6.07) is 8.12. The molecule has 6 nitrogen and oxygen atoms in total. The van der Waals surface area contributed by atoms with E-state index in [2.05, 4.69) is 25.9 Å². The van der Waals surface area contributed by atoms with E-state index in [1.54, 1.807) is 0 Å². The van der Waals surface area contributed by atoms with Crippen molar-refractivity contribution in [3.63, 3.8) is 0 Å². The first-order valence-electron chi connectivity index (χ1n) is 10.3. The lowest BCUT2D eigenvalue weighted by atomic mass is 9.94. The zero-order valence-electron chi connectivity index (χ0n) is 16.1. The van der Waals surface area contributed by atoms with Gasteiger partial charge in [-0.2, -0.15) is 5.10 Å². The standard InChI is InChI=1S/C21H27BrN4O2/c22-16-6-8-18(9-7-16)26-20(27)11-10-19(23-26)21(28)25-14-12-24(13-15-25)17-4-2-1-3-5-17/h6-9,17H,1-5,10-15H2. The van der Waals surface area contributed by atoms with Gasteiger partial charge in [-0.15, -0.1) is 0 Å². The summed E-state index contributed by atoms with van der Waals surface area (Å²) in [4.78, 5) is 29.8. The lowest BCUT2D eigenvalue weighted by Crippen LogP contribution is -2.54. The second-order valence-electron chi connectivity index (χ2n) is 7.85. The monoisotopic (exact) mass is 446 g/mol. The molecule has 1 aliphatic carbocycles. The first-order valence-corrected chi connectivity index (χ1v) is 11.1. The van der Waals surface area contributed by atoms with E-state index < -0.39 is 0 Å². The number of hydrogen-bond donors (Lipinski definition) is 0. The SMILES string of the molecule is O=C(C1=NN(c2ccc(Br)cc2)C(=O)CC1)N1CCN(C2CCCCC2)CC1. The highest BCUT2D eigenvalue weighted by Gasteiger charge is 2.31. The number of carbonyl (C=O) groups is 2. The molecule has 0 spiro atoms. The highest BCUT2D eigenvalue weighted by atomic mass is 79.9. The van der Waals surface area contributed by atoms with Gasteiger partial charge in [0.2, 0.25) is 5.91 Å². The number of anilines is 1. The summed E-state index contributed by atoms with van der Waals surface area (Å²) in [5.74, 6) is -0.0844. The molecule has 1 saturated carbocycles. The van der Waals surface area contributed by atoms with E-state index in [1.165, 1.54) is 37.1 Å². The van der Waals surface area contributed by atoms with Crippen LogP contribution in [0.4, 0.5) is 5.69 Å². The first kappa shape index (κ1) is 19.6. The zero-order valence-corrected chi connectivity index (χ0v) is 17.7. The summed E-state index contributed by atoms with van der Waals surface area (Å²) < 4.78 is 0.942. The molecule has 0 radical (unpaired) electrons. The molecule has 1 saturated heterocycles. The molecule has 2 heterocycles. The van der Waals surface area contributed by atoms with E-state index in [4.69, 9.17) is 0 Å². The Morgan fingerprint density at radius 2 is 1.64 bits per heavy atom. The summed E-state index contributed by atoms with van der Waals surface area (Å²) >= 11 is 3.40. The van der Waals surface area contributed by atoms with Crippen LogP contribution in [-0.2, 0) is 9.59 Å². The van der Waals surface area contributed by atoms with Gasteiger partial charge in [0.15, 0.2) is 0 Å². The molecule has 2 amide bonds. The van der Waals surface area contributed by atoms with Crippen molar-refractivity contribution in [1.29, 1.82) is 0 Å². The fourth-order valence-corrected chi connectivity index (χ4v) is 4.67. The molecule has 0 bridgehead atoms. The van der Waals surface area contributed by atoms with Crippen molar-refractivity contribution in [2.75, 3.05) is 31.2 Å². The van der Waals surface area contributed by atoms with E-state index in [-0.39, 0.29) is 11.8 Å². The maximum Gasteiger partial charge on any atom is 0.270 e. The molecule has 1 aromatic carbocycles. The molecule has 4 rings (SSSR count). The average molecular weight is 447 g/mol. The minimum Gasteiger partial charge on any atom is -0.335 e. The predicted molar refractivity (Wildman–Crippen MR) is 113 cm³/mol. The topological polar surface area (TPSA) is 56.2 Å². The minimum absolute atomic E-state index is 0.0158. The number of halogens is 1. The first-order chi connectivity index (χ1) is 13.6. The van der Waals surface area contributed by atoms with E-state index in [1.807, 2.05) is 29.2 Å². The van der Waals surface area contributed by atoms with Crippen molar-refractivity contribution in [3.05, 3.63) is 28.7 Å². The van der Waals surface area contributed by atoms with Gasteiger partial charge in [-0.3, -0.25) is 14.5 Å². The molecule has 7 heteroatoms. The normalized spacial score (nSPS) is 22.3. The maximum atomic E-state index is 13.0. The summed E-state index contributed by atoms with van der Waals surface area (Å²) in [7, 11) is 0. The Labute approximate surface area is 174 Å². The van der Waals surface area contributed by atoms with Crippen molar-refractivity contribution in [2.45, 2.75) is 51.0 Å². The Morgan fingerprint density at radius 3 is 2.32 bits per heavy atom. The van der Waals surface area contributed by atoms with Crippen LogP contribution in [0.25, 0.3) is 0 Å². The fourth-order valence-electron chi connectivity index (χ4n) is 4.41. The van der Waals surface area contributed by atoms with Crippen LogP contribution in [0, 0.1) is 0 Å². The maximum absolute atomic E-state index is 13.0. The smallest absolute Gasteiger partial charge is 0.270 e. The number of benzene rings is 1. The number of piperazine rings is 1. The van der Waals surface area contributed by atoms with Crippen LogP contribution >= 0.6 is 15.9 Å². The zero-order chi connectivity index (χ0) is 19.5. The van der Waals surface area contributed by atoms with E-state index in [0.29, 0.717) is 30.3 Å². The molecule has 0 atom stereocenters. The second-order valence-corrected chi connectivity index (χ2v) is 8.76. The van der Waals surface area contributed by atoms with Gasteiger partial charge in [0, 0.05) is 49.5 Å². The van der Waals surface area contributed by atoms with Crippen LogP contribution < -0.4 is 5.01 Å². The molecule has 3 aliphatic rings. The Balaban J connectivity index is 1.40. The number of carbonyl (C=O) groups excluding carboxylic acids is 2. The fraction of sp³-hybridized carbons (Fsp3) is 0.571. The van der Waals surface area contributed by atoms with Crippen molar-refractivity contribution < 1.29 is 9.59 Å².